The Kier molecular flexibility index (Phi) is 13.4. The number of carbonyl (C=O) groups is 7. The zero-order valence-electron chi connectivity index (χ0n) is 32.4. The number of piperidine rings is 1. The number of halogens is 2. The molecule has 1 fully saturated rings. The van der Waals surface area contributed by atoms with Crippen molar-refractivity contribution in [1.82, 2.24) is 25.4 Å². The largest absolute Gasteiger partial charge is 0.384 e. The Bertz CT molecular complexity index is 2430. The van der Waals surface area contributed by atoms with Crippen molar-refractivity contribution in [3.63, 3.8) is 0 Å². The molecule has 312 valence electrons. The van der Waals surface area contributed by atoms with E-state index < -0.39 is 41.5 Å². The highest BCUT2D eigenvalue weighted by Gasteiger charge is 2.45. The second-order valence-electron chi connectivity index (χ2n) is 14.4. The number of anilines is 1. The number of hydrogen-bond donors (Lipinski definition) is 4. The minimum atomic E-state index is -1.02. The second-order valence-corrected chi connectivity index (χ2v) is 15.3. The fourth-order valence-electron chi connectivity index (χ4n) is 7.52. The summed E-state index contributed by atoms with van der Waals surface area (Å²) in [6, 6.07) is 16.0. The molecule has 0 bridgehead atoms. The molecule has 1 unspecified atom stereocenters. The number of fused-ring (bicyclic) bond motifs is 2. The SMILES string of the molecule is O=C(Cn1cc(C2=C(c3ccc(Cl)cc3Cl)C(=O)NC2=O)c2ccccc21)NCCCOCCCCOCCCNc1cccc2c1C(=O)N(C1CCC(=O)NC1=O)C2=O. The summed E-state index contributed by atoms with van der Waals surface area (Å²) >= 11 is 12.5. The molecule has 15 nitrogen and oxygen atoms in total. The van der Waals surface area contributed by atoms with Crippen molar-refractivity contribution in [2.24, 2.45) is 0 Å². The van der Waals surface area contributed by atoms with Gasteiger partial charge in [-0.1, -0.05) is 53.5 Å². The van der Waals surface area contributed by atoms with Gasteiger partial charge in [-0.3, -0.25) is 49.1 Å². The fourth-order valence-corrected chi connectivity index (χ4v) is 8.03. The molecule has 1 atom stereocenters. The Morgan fingerprint density at radius 3 is 2.18 bits per heavy atom. The fraction of sp³-hybridized carbons (Fsp3) is 0.326. The van der Waals surface area contributed by atoms with Crippen LogP contribution in [0, 0.1) is 0 Å². The third-order valence-corrected chi connectivity index (χ3v) is 10.9. The van der Waals surface area contributed by atoms with Crippen LogP contribution >= 0.6 is 23.2 Å². The van der Waals surface area contributed by atoms with Gasteiger partial charge in [0.2, 0.25) is 17.7 Å². The highest BCUT2D eigenvalue weighted by atomic mass is 35.5. The van der Waals surface area contributed by atoms with Gasteiger partial charge in [0.1, 0.15) is 12.6 Å². The number of benzene rings is 3. The molecule has 1 saturated heterocycles. The molecule has 3 aliphatic rings. The van der Waals surface area contributed by atoms with Crippen molar-refractivity contribution in [3.05, 3.63) is 99.2 Å². The van der Waals surface area contributed by atoms with Gasteiger partial charge in [-0.05, 0) is 62.4 Å². The van der Waals surface area contributed by atoms with Gasteiger partial charge in [-0.15, -0.1) is 0 Å². The van der Waals surface area contributed by atoms with Crippen LogP contribution in [-0.2, 0) is 40.0 Å². The van der Waals surface area contributed by atoms with Gasteiger partial charge in [0, 0.05) is 84.9 Å². The van der Waals surface area contributed by atoms with Crippen LogP contribution in [0.15, 0.2) is 66.9 Å². The standard InChI is InChI=1S/C43H42Cl2N6O9/c44-25-12-13-27(30(45)22-25)37-38(41(56)49-40(37)55)29-23-50(32-11-2-1-8-26(29)32)24-35(53)47-17-7-21-60-19-4-3-18-59-20-6-16-46-31-10-5-9-28-36(31)43(58)51(42(28)57)33-14-15-34(52)48-39(33)54/h1-2,5,8-13,22-23,33,46H,3-4,6-7,14-21,24H2,(H,47,53)(H,48,52,54)(H,49,55,56). The van der Waals surface area contributed by atoms with Crippen LogP contribution in [0.25, 0.3) is 22.0 Å². The Balaban J connectivity index is 0.780. The molecule has 7 amide bonds. The first-order valence-corrected chi connectivity index (χ1v) is 20.4. The summed E-state index contributed by atoms with van der Waals surface area (Å²) in [5.41, 5.74) is 2.87. The summed E-state index contributed by atoms with van der Waals surface area (Å²) in [7, 11) is 0. The number of hydrogen-bond acceptors (Lipinski definition) is 10. The van der Waals surface area contributed by atoms with Crippen molar-refractivity contribution in [2.45, 2.75) is 51.1 Å². The number of amides is 7. The van der Waals surface area contributed by atoms with Crippen LogP contribution in [0.2, 0.25) is 10.0 Å². The van der Waals surface area contributed by atoms with Gasteiger partial charge >= 0.3 is 0 Å². The molecule has 3 aliphatic heterocycles. The van der Waals surface area contributed by atoms with E-state index in [1.807, 2.05) is 24.3 Å². The van der Waals surface area contributed by atoms with Crippen molar-refractivity contribution >= 4 is 92.3 Å². The van der Waals surface area contributed by atoms with E-state index in [0.717, 1.165) is 23.3 Å². The van der Waals surface area contributed by atoms with Crippen molar-refractivity contribution in [2.75, 3.05) is 44.8 Å². The number of unbranched alkanes of at least 4 members (excludes halogenated alkanes) is 1. The maximum absolute atomic E-state index is 13.2. The first kappa shape index (κ1) is 42.3. The van der Waals surface area contributed by atoms with Crippen LogP contribution in [0.4, 0.5) is 5.69 Å². The first-order valence-electron chi connectivity index (χ1n) is 19.7. The van der Waals surface area contributed by atoms with E-state index in [-0.39, 0.29) is 52.6 Å². The van der Waals surface area contributed by atoms with E-state index in [1.54, 1.807) is 41.1 Å². The third-order valence-electron chi connectivity index (χ3n) is 10.4. The average molecular weight is 858 g/mol. The lowest BCUT2D eigenvalue weighted by Gasteiger charge is -2.27. The minimum absolute atomic E-state index is 0.00253. The molecule has 0 aliphatic carbocycles. The van der Waals surface area contributed by atoms with Crippen molar-refractivity contribution in [3.8, 4) is 0 Å². The van der Waals surface area contributed by atoms with Crippen LogP contribution in [0.5, 0.6) is 0 Å². The number of imide groups is 3. The van der Waals surface area contributed by atoms with E-state index in [0.29, 0.717) is 79.6 Å². The molecule has 1 aromatic heterocycles. The molecule has 0 spiro atoms. The lowest BCUT2D eigenvalue weighted by Crippen LogP contribution is -2.54. The van der Waals surface area contributed by atoms with Crippen molar-refractivity contribution in [1.29, 1.82) is 0 Å². The van der Waals surface area contributed by atoms with Crippen LogP contribution in [-0.4, -0.2) is 96.4 Å². The Morgan fingerprint density at radius 2 is 1.45 bits per heavy atom. The number of nitrogens with one attached hydrogen (secondary N) is 4. The van der Waals surface area contributed by atoms with Gasteiger partial charge in [-0.2, -0.15) is 0 Å². The third kappa shape index (κ3) is 9.14. The predicted octanol–water partition coefficient (Wildman–Crippen LogP) is 4.74. The van der Waals surface area contributed by atoms with Crippen LogP contribution in [0.1, 0.15) is 70.4 Å². The summed E-state index contributed by atoms with van der Waals surface area (Å²) in [6.07, 6.45) is 4.74. The average Bonchev–Trinajstić information content (AvgIpc) is 3.81. The summed E-state index contributed by atoms with van der Waals surface area (Å²) in [4.78, 5) is 90.2. The number of ether oxygens (including phenoxy) is 2. The lowest BCUT2D eigenvalue weighted by atomic mass is 9.96. The Labute approximate surface area is 354 Å². The molecule has 4 heterocycles. The van der Waals surface area contributed by atoms with Gasteiger partial charge in [-0.25, -0.2) is 0 Å². The van der Waals surface area contributed by atoms with Crippen molar-refractivity contribution < 1.29 is 43.0 Å². The van der Waals surface area contributed by atoms with E-state index >= 15 is 0 Å². The molecule has 3 aromatic carbocycles. The Morgan fingerprint density at radius 1 is 0.750 bits per heavy atom. The molecule has 0 radical (unpaired) electrons. The highest BCUT2D eigenvalue weighted by Crippen LogP contribution is 2.39. The Hall–Kier alpha value is -5.87. The van der Waals surface area contributed by atoms with Gasteiger partial charge in [0.25, 0.3) is 23.6 Å². The topological polar surface area (TPSA) is 194 Å². The zero-order valence-corrected chi connectivity index (χ0v) is 34.0. The van der Waals surface area contributed by atoms with Gasteiger partial charge < -0.3 is 24.7 Å². The number of carbonyl (C=O) groups excluding carboxylic acids is 7. The maximum Gasteiger partial charge on any atom is 0.264 e. The molecular formula is C43H42Cl2N6O9. The summed E-state index contributed by atoms with van der Waals surface area (Å²) in [5.74, 6) is -3.51. The smallest absolute Gasteiger partial charge is 0.264 e. The molecule has 17 heteroatoms. The second kappa shape index (κ2) is 19.0. The molecular weight excluding hydrogens is 815 g/mol. The van der Waals surface area contributed by atoms with E-state index in [1.165, 1.54) is 6.07 Å². The quantitative estimate of drug-likeness (QED) is 0.0757. The number of rotatable bonds is 19. The summed E-state index contributed by atoms with van der Waals surface area (Å²) in [5, 5.41) is 12.0. The molecule has 4 N–H and O–H groups in total. The van der Waals surface area contributed by atoms with Gasteiger partial charge in [0.05, 0.1) is 27.3 Å². The number of nitrogens with zero attached hydrogens (tertiary/aromatic N) is 2. The van der Waals surface area contributed by atoms with E-state index in [9.17, 15) is 33.6 Å². The monoisotopic (exact) mass is 856 g/mol. The minimum Gasteiger partial charge on any atom is -0.384 e. The van der Waals surface area contributed by atoms with Gasteiger partial charge in [0.15, 0.2) is 0 Å². The highest BCUT2D eigenvalue weighted by molar-refractivity contribution is 6.51. The lowest BCUT2D eigenvalue weighted by molar-refractivity contribution is -0.136. The normalized spacial score (nSPS) is 16.5. The molecule has 0 saturated carbocycles. The molecule has 4 aromatic rings. The number of aromatic nitrogens is 1. The summed E-state index contributed by atoms with van der Waals surface area (Å²) < 4.78 is 13.2. The number of para-hydroxylation sites is 1. The predicted molar refractivity (Wildman–Crippen MR) is 223 cm³/mol. The first-order chi connectivity index (χ1) is 29.0. The van der Waals surface area contributed by atoms with E-state index in [2.05, 4.69) is 21.3 Å². The van der Waals surface area contributed by atoms with Crippen LogP contribution < -0.4 is 21.3 Å². The van der Waals surface area contributed by atoms with E-state index in [4.69, 9.17) is 32.7 Å². The molecule has 7 rings (SSSR count). The zero-order chi connectivity index (χ0) is 42.3. The summed E-state index contributed by atoms with van der Waals surface area (Å²) in [6.45, 7) is 2.98. The molecule has 60 heavy (non-hydrogen) atoms. The maximum atomic E-state index is 13.2. The van der Waals surface area contributed by atoms with Crippen LogP contribution in [0.3, 0.4) is 0 Å².